The summed E-state index contributed by atoms with van der Waals surface area (Å²) in [5, 5.41) is 3.55. The number of sulfonamides is 1. The van der Waals surface area contributed by atoms with Gasteiger partial charge in [0.15, 0.2) is 0 Å². The van der Waals surface area contributed by atoms with Crippen molar-refractivity contribution in [3.05, 3.63) is 89.4 Å². The molecule has 0 aliphatic rings. The minimum atomic E-state index is -3.95. The summed E-state index contributed by atoms with van der Waals surface area (Å²) in [5.41, 5.74) is 1.58. The highest BCUT2D eigenvalue weighted by Gasteiger charge is 2.27. The van der Waals surface area contributed by atoms with Gasteiger partial charge in [0.2, 0.25) is 5.91 Å². The van der Waals surface area contributed by atoms with E-state index in [-0.39, 0.29) is 17.3 Å². The summed E-state index contributed by atoms with van der Waals surface area (Å²) in [4.78, 5) is 12.7. The molecular weight excluding hydrogens is 492 g/mol. The molecule has 3 aromatic carbocycles. The molecule has 0 bridgehead atoms. The quantitative estimate of drug-likeness (QED) is 0.342. The molecule has 3 rings (SSSR count). The first-order valence-corrected chi connectivity index (χ1v) is 13.7. The maximum Gasteiger partial charge on any atom is 0.264 e. The molecule has 0 saturated carbocycles. The summed E-state index contributed by atoms with van der Waals surface area (Å²) in [7, 11) is -2.43. The zero-order valence-corrected chi connectivity index (χ0v) is 21.2. The van der Waals surface area contributed by atoms with E-state index in [0.29, 0.717) is 18.0 Å². The Morgan fingerprint density at radius 3 is 2.44 bits per heavy atom. The Hall–Kier alpha value is -2.68. The number of nitrogens with zero attached hydrogens (tertiary/aromatic N) is 1. The number of methoxy groups -OCH3 is 1. The number of hydrogen-bond donors (Lipinski definition) is 1. The number of halogens is 1. The molecule has 9 heteroatoms. The summed E-state index contributed by atoms with van der Waals surface area (Å²) in [5.74, 6) is 1.90. The van der Waals surface area contributed by atoms with Gasteiger partial charge >= 0.3 is 0 Å². The lowest BCUT2D eigenvalue weighted by Gasteiger charge is -2.24. The number of carbonyl (C=O) groups excluding carboxylic acids is 1. The average Bonchev–Trinajstić information content (AvgIpc) is 2.85. The van der Waals surface area contributed by atoms with Crippen molar-refractivity contribution in [3.8, 4) is 5.75 Å². The van der Waals surface area contributed by atoms with Gasteiger partial charge < -0.3 is 10.1 Å². The second kappa shape index (κ2) is 12.7. The summed E-state index contributed by atoms with van der Waals surface area (Å²) < 4.78 is 32.9. The van der Waals surface area contributed by atoms with E-state index in [1.165, 1.54) is 19.2 Å². The van der Waals surface area contributed by atoms with Crippen LogP contribution in [-0.4, -0.2) is 40.3 Å². The number of amides is 1. The molecule has 0 saturated heterocycles. The Labute approximate surface area is 210 Å². The fourth-order valence-corrected chi connectivity index (χ4v) is 5.73. The van der Waals surface area contributed by atoms with E-state index in [2.05, 4.69) is 5.32 Å². The number of ether oxygens (including phenoxy) is 1. The van der Waals surface area contributed by atoms with Crippen molar-refractivity contribution >= 4 is 45.0 Å². The Morgan fingerprint density at radius 2 is 1.76 bits per heavy atom. The highest BCUT2D eigenvalue weighted by atomic mass is 35.5. The standard InChI is InChI=1S/C25H27ClN2O4S2/c1-32-23-11-13-24(14-12-23)34(30,31)28(22-9-3-2-4-10-22)18-25(29)27-15-6-16-33-19-20-7-5-8-21(26)17-20/h2-5,7-14,17H,6,15-16,18-19H2,1H3,(H,27,29). The summed E-state index contributed by atoms with van der Waals surface area (Å²) >= 11 is 7.76. The molecule has 0 aliphatic carbocycles. The van der Waals surface area contributed by atoms with E-state index in [1.807, 2.05) is 24.3 Å². The number of benzene rings is 3. The zero-order chi connectivity index (χ0) is 24.4. The Bertz CT molecular complexity index is 1170. The minimum absolute atomic E-state index is 0.0855. The first kappa shape index (κ1) is 25.9. The van der Waals surface area contributed by atoms with Gasteiger partial charge in [-0.2, -0.15) is 11.8 Å². The molecule has 1 amide bonds. The first-order chi connectivity index (χ1) is 16.4. The Kier molecular flexibility index (Phi) is 9.68. The third-order valence-corrected chi connectivity index (χ3v) is 8.06. The molecule has 3 aromatic rings. The molecule has 6 nitrogen and oxygen atoms in total. The van der Waals surface area contributed by atoms with Crippen molar-refractivity contribution in [2.75, 3.05) is 30.3 Å². The van der Waals surface area contributed by atoms with Crippen molar-refractivity contribution in [1.82, 2.24) is 5.32 Å². The van der Waals surface area contributed by atoms with Gasteiger partial charge in [-0.1, -0.05) is 41.9 Å². The van der Waals surface area contributed by atoms with Gasteiger partial charge in [-0.3, -0.25) is 9.10 Å². The molecular formula is C25H27ClN2O4S2. The van der Waals surface area contributed by atoms with Crippen molar-refractivity contribution in [1.29, 1.82) is 0 Å². The fourth-order valence-electron chi connectivity index (χ4n) is 3.19. The van der Waals surface area contributed by atoms with Crippen molar-refractivity contribution in [2.45, 2.75) is 17.1 Å². The van der Waals surface area contributed by atoms with Crippen LogP contribution in [0.25, 0.3) is 0 Å². The third kappa shape index (κ3) is 7.41. The summed E-state index contributed by atoms with van der Waals surface area (Å²) in [6.45, 7) is 0.153. The van der Waals surface area contributed by atoms with E-state index in [4.69, 9.17) is 16.3 Å². The van der Waals surface area contributed by atoms with Gasteiger partial charge in [-0.05, 0) is 66.3 Å². The molecule has 0 heterocycles. The fraction of sp³-hybridized carbons (Fsp3) is 0.240. The molecule has 0 spiro atoms. The van der Waals surface area contributed by atoms with Crippen LogP contribution >= 0.6 is 23.4 Å². The molecule has 180 valence electrons. The van der Waals surface area contributed by atoms with Gasteiger partial charge in [-0.25, -0.2) is 8.42 Å². The van der Waals surface area contributed by atoms with Crippen molar-refractivity contribution in [2.24, 2.45) is 0 Å². The molecule has 1 N–H and O–H groups in total. The number of hydrogen-bond acceptors (Lipinski definition) is 5. The third-order valence-electron chi connectivity index (χ3n) is 4.92. The van der Waals surface area contributed by atoms with Gasteiger partial charge in [0.1, 0.15) is 12.3 Å². The van der Waals surface area contributed by atoms with E-state index in [0.717, 1.165) is 32.8 Å². The molecule has 0 fully saturated rings. The van der Waals surface area contributed by atoms with Crippen LogP contribution < -0.4 is 14.4 Å². The second-order valence-electron chi connectivity index (χ2n) is 7.41. The smallest absolute Gasteiger partial charge is 0.264 e. The van der Waals surface area contributed by atoms with Gasteiger partial charge in [0.25, 0.3) is 10.0 Å². The monoisotopic (exact) mass is 518 g/mol. The number of thioether (sulfide) groups is 1. The van der Waals surface area contributed by atoms with Gasteiger partial charge in [-0.15, -0.1) is 0 Å². The molecule has 0 radical (unpaired) electrons. The van der Waals surface area contributed by atoms with E-state index in [9.17, 15) is 13.2 Å². The molecule has 0 aromatic heterocycles. The van der Waals surface area contributed by atoms with Gasteiger partial charge in [0, 0.05) is 17.3 Å². The van der Waals surface area contributed by atoms with E-state index in [1.54, 1.807) is 54.2 Å². The number of anilines is 1. The molecule has 34 heavy (non-hydrogen) atoms. The topological polar surface area (TPSA) is 75.7 Å². The lowest BCUT2D eigenvalue weighted by atomic mass is 10.2. The average molecular weight is 519 g/mol. The lowest BCUT2D eigenvalue weighted by Crippen LogP contribution is -2.41. The minimum Gasteiger partial charge on any atom is -0.497 e. The van der Waals surface area contributed by atoms with Crippen molar-refractivity contribution in [3.63, 3.8) is 0 Å². The van der Waals surface area contributed by atoms with Crippen LogP contribution in [0.2, 0.25) is 5.02 Å². The number of nitrogens with one attached hydrogen (secondary N) is 1. The Balaban J connectivity index is 1.56. The predicted octanol–water partition coefficient (Wildman–Crippen LogP) is 4.98. The normalized spacial score (nSPS) is 11.1. The first-order valence-electron chi connectivity index (χ1n) is 10.7. The second-order valence-corrected chi connectivity index (χ2v) is 10.8. The zero-order valence-electron chi connectivity index (χ0n) is 18.8. The summed E-state index contributed by atoms with van der Waals surface area (Å²) in [6.07, 6.45) is 0.771. The van der Waals surface area contributed by atoms with Crippen LogP contribution in [-0.2, 0) is 20.6 Å². The summed E-state index contributed by atoms with van der Waals surface area (Å²) in [6, 6.07) is 22.5. The maximum atomic E-state index is 13.3. The largest absolute Gasteiger partial charge is 0.497 e. The van der Waals surface area contributed by atoms with Gasteiger partial charge in [0.05, 0.1) is 17.7 Å². The van der Waals surface area contributed by atoms with Crippen molar-refractivity contribution < 1.29 is 17.9 Å². The maximum absolute atomic E-state index is 13.3. The highest BCUT2D eigenvalue weighted by molar-refractivity contribution is 7.98. The highest BCUT2D eigenvalue weighted by Crippen LogP contribution is 2.25. The van der Waals surface area contributed by atoms with Crippen LogP contribution in [0.3, 0.4) is 0 Å². The SMILES string of the molecule is COc1ccc(S(=O)(=O)N(CC(=O)NCCCSCc2cccc(Cl)c2)c2ccccc2)cc1. The number of carbonyl (C=O) groups is 1. The van der Waals surface area contributed by atoms with Crippen LogP contribution in [0.4, 0.5) is 5.69 Å². The number of rotatable bonds is 12. The van der Waals surface area contributed by atoms with Crippen LogP contribution in [0.1, 0.15) is 12.0 Å². The lowest BCUT2D eigenvalue weighted by molar-refractivity contribution is -0.119. The molecule has 0 aliphatic heterocycles. The van der Waals surface area contributed by atoms with E-state index < -0.39 is 10.0 Å². The van der Waals surface area contributed by atoms with E-state index >= 15 is 0 Å². The molecule has 0 unspecified atom stereocenters. The molecule has 0 atom stereocenters. The van der Waals surface area contributed by atoms with Crippen LogP contribution in [0.5, 0.6) is 5.75 Å². The predicted molar refractivity (Wildman–Crippen MR) is 139 cm³/mol. The van der Waals surface area contributed by atoms with Crippen LogP contribution in [0.15, 0.2) is 83.8 Å². The number of para-hydroxylation sites is 1. The van der Waals surface area contributed by atoms with Crippen LogP contribution in [0, 0.1) is 0 Å². The Morgan fingerprint density at radius 1 is 1.03 bits per heavy atom.